The molecule has 0 fully saturated rings. The predicted octanol–water partition coefficient (Wildman–Crippen LogP) is 31.2. The van der Waals surface area contributed by atoms with E-state index in [1.165, 1.54) is 91.8 Å². The second-order valence-electron chi connectivity index (χ2n) is 31.4. The first-order valence-electron chi connectivity index (χ1n) is 47.0. The van der Waals surface area contributed by atoms with Crippen LogP contribution in [0.25, 0.3) is 230 Å². The van der Waals surface area contributed by atoms with Gasteiger partial charge in [-0.2, -0.15) is 9.97 Å². The van der Waals surface area contributed by atoms with E-state index in [2.05, 4.69) is 331 Å². The molecule has 26 rings (SSSR count). The van der Waals surface area contributed by atoms with E-state index < -0.39 is 36.3 Å². The van der Waals surface area contributed by atoms with Crippen LogP contribution < -0.4 is 0 Å². The molecule has 0 saturated carbocycles. The first-order chi connectivity index (χ1) is 67.5. The second kappa shape index (κ2) is 31.6. The molecule has 0 amide bonds. The van der Waals surface area contributed by atoms with E-state index >= 15 is 0 Å². The molecule has 0 bridgehead atoms. The van der Waals surface area contributed by atoms with Gasteiger partial charge in [0.2, 0.25) is 5.28 Å². The van der Waals surface area contributed by atoms with Gasteiger partial charge in [-0.1, -0.05) is 352 Å². The van der Waals surface area contributed by atoms with Gasteiger partial charge in [0.05, 0.1) is 57.8 Å². The van der Waals surface area contributed by atoms with Crippen LogP contribution in [-0.4, -0.2) is 48.2 Å². The molecule has 10 nitrogen and oxygen atoms in total. The van der Waals surface area contributed by atoms with Gasteiger partial charge in [0, 0.05) is 134 Å². The first-order valence-corrected chi connectivity index (χ1v) is 44.0. The monoisotopic (exact) mass is 1700 g/mol. The van der Waals surface area contributed by atoms with Crippen LogP contribution in [0.1, 0.15) is 19.3 Å². The minimum Gasteiger partial charge on any atom is -0.307 e. The van der Waals surface area contributed by atoms with E-state index in [0.717, 1.165) is 86.3 Å². The third-order valence-corrected chi connectivity index (χ3v) is 26.8. The fourth-order valence-corrected chi connectivity index (χ4v) is 21.3. The van der Waals surface area contributed by atoms with Crippen molar-refractivity contribution in [3.05, 3.63) is 435 Å². The Kier molecular flexibility index (Phi) is 16.2. The first kappa shape index (κ1) is 65.6. The fourth-order valence-electron chi connectivity index (χ4n) is 18.5. The van der Waals surface area contributed by atoms with Gasteiger partial charge < -0.3 is 18.3 Å². The van der Waals surface area contributed by atoms with Crippen molar-refractivity contribution in [3.63, 3.8) is 0 Å². The highest BCUT2D eigenvalue weighted by molar-refractivity contribution is 7.27. The van der Waals surface area contributed by atoms with Crippen molar-refractivity contribution in [2.45, 2.75) is 6.92 Å². The number of benzene rings is 18. The Morgan fingerprint density at radius 3 is 0.930 bits per heavy atom. The van der Waals surface area contributed by atoms with Crippen LogP contribution >= 0.6 is 34.3 Å². The number of nitrogens with zero attached hydrogens (tertiary/aromatic N) is 10. The molecule has 0 radical (unpaired) electrons. The molecule has 0 spiro atoms. The summed E-state index contributed by atoms with van der Waals surface area (Å²) in [5, 5.41) is 14.1. The Balaban J connectivity index is 0.000000127. The Hall–Kier alpha value is -16.1. The molecular weight excluding hydrogens is 1620 g/mol. The minimum atomic E-state index is -0.484. The Morgan fingerprint density at radius 2 is 0.523 bits per heavy atom. The number of rotatable bonds is 11. The molecular formula is C115H73ClN10S2. The highest BCUT2D eigenvalue weighted by atomic mass is 35.5. The number of hydrogen-bond donors (Lipinski definition) is 0. The fraction of sp³-hybridized carbons (Fsp3) is 0.00870. The van der Waals surface area contributed by atoms with Crippen LogP contribution in [0.5, 0.6) is 0 Å². The minimum absolute atomic E-state index is 0.0126. The van der Waals surface area contributed by atoms with Gasteiger partial charge in [-0.05, 0) is 119 Å². The second-order valence-corrected chi connectivity index (χ2v) is 33.8. The zero-order valence-corrected chi connectivity index (χ0v) is 70.7. The summed E-state index contributed by atoms with van der Waals surface area (Å²) >= 11 is 9.53. The quantitative estimate of drug-likeness (QED) is 0.128. The molecule has 602 valence electrons. The van der Waals surface area contributed by atoms with Gasteiger partial charge in [0.15, 0.2) is 29.1 Å². The van der Waals surface area contributed by atoms with Crippen LogP contribution in [0.2, 0.25) is 5.28 Å². The lowest BCUT2D eigenvalue weighted by Gasteiger charge is -2.15. The summed E-state index contributed by atoms with van der Waals surface area (Å²) in [5.41, 5.74) is 21.4. The lowest BCUT2D eigenvalue weighted by molar-refractivity contribution is 1.07. The van der Waals surface area contributed by atoms with Crippen molar-refractivity contribution in [2.24, 2.45) is 0 Å². The van der Waals surface area contributed by atoms with Crippen molar-refractivity contribution >= 4 is 162 Å². The summed E-state index contributed by atoms with van der Waals surface area (Å²) in [4.78, 5) is 27.4. The molecule has 0 aliphatic heterocycles. The number of hydrogen-bond acceptors (Lipinski definition) is 8. The summed E-state index contributed by atoms with van der Waals surface area (Å²) < 4.78 is 97.2. The largest absolute Gasteiger partial charge is 0.307 e. The van der Waals surface area contributed by atoms with E-state index in [4.69, 9.17) is 40.3 Å². The standard InChI is InChI=1S/C57H35N5S.C43H28N2S.C15H10ClN3/c1-5-18-36(19-6-1)41-28-17-29-46-47-34-40(35-48(54(47)63-53(41)46)57-59-55(37-20-7-2-8-21-37)58-56(60-57)38-22-9-3-10-23-38)62-50-31-16-14-27-43(50)45-33-32-44-42-26-13-15-30-49(42)61(51(44)52(45)62)39-24-11-4-12-25-39;1-27-25-30(26-37-36-20-12-19-31(43(36)46-42(27)37)28-13-4-2-5-14-28)45-39-22-11-9-18-33(39)35-24-23-34-32-17-8-10-21-38(32)44(40(34)41(35)45)29-15-6-3-7-16-29;16-15-18-13(11-7-3-1-4-8-11)17-14(19-15)12-9-5-2-6-10-12/h1-35H;2-26H,1H3;1-10H/i2D,7D,8D,20D,21D;;1D,3D,4D,7D,8D. The zero-order valence-electron chi connectivity index (χ0n) is 78.3. The zero-order chi connectivity index (χ0) is 93.6. The lowest BCUT2D eigenvalue weighted by atomic mass is 10.0. The third kappa shape index (κ3) is 12.9. The smallest absolute Gasteiger partial charge is 0.226 e. The maximum atomic E-state index is 9.02. The number of fused-ring (bicyclic) bond motifs is 20. The van der Waals surface area contributed by atoms with Crippen LogP contribution in [0.4, 0.5) is 0 Å². The molecule has 26 aromatic rings. The van der Waals surface area contributed by atoms with Gasteiger partial charge in [0.1, 0.15) is 0 Å². The van der Waals surface area contributed by atoms with Crippen molar-refractivity contribution in [1.29, 1.82) is 0 Å². The molecule has 18 aromatic carbocycles. The molecule has 0 aliphatic rings. The van der Waals surface area contributed by atoms with Crippen LogP contribution in [-0.2, 0) is 0 Å². The van der Waals surface area contributed by atoms with Crippen molar-refractivity contribution < 1.29 is 13.7 Å². The molecule has 13 heteroatoms. The molecule has 8 aromatic heterocycles. The molecule has 0 unspecified atom stereocenters. The van der Waals surface area contributed by atoms with Crippen LogP contribution in [0.15, 0.2) is 424 Å². The number of para-hydroxylation sites is 6. The van der Waals surface area contributed by atoms with Gasteiger partial charge in [-0.3, -0.25) is 0 Å². The van der Waals surface area contributed by atoms with Crippen molar-refractivity contribution in [1.82, 2.24) is 48.2 Å². The molecule has 0 N–H and O–H groups in total. The average Bonchev–Trinajstić information content (AvgIpc) is 1.54. The Bertz CT molecular complexity index is 9450. The van der Waals surface area contributed by atoms with E-state index in [1.807, 2.05) is 59.9 Å². The summed E-state index contributed by atoms with van der Waals surface area (Å²) in [7, 11) is 0. The van der Waals surface area contributed by atoms with Gasteiger partial charge in [0.25, 0.3) is 0 Å². The third-order valence-electron chi connectivity index (χ3n) is 24.0. The highest BCUT2D eigenvalue weighted by Gasteiger charge is 2.28. The van der Waals surface area contributed by atoms with Gasteiger partial charge in [-0.15, -0.1) is 22.7 Å². The SMILES string of the molecule is Cc1cc(-n2c3ccccc3c3ccc4c5ccccc5n(-c5ccccc5)c4c32)cc2c1sc1c(-c3ccccc3)cccc12.[2H]c1c([2H])c([2H])c(-c2nc(-c3ccccc3)nc(-c3cc(-n4c5ccccc5c5ccc6c7ccccc7n(-c7ccccc7)c6c54)cc4c3sc3c(-c5ccccc5)cccc34)n2)c([2H])c1[2H].[2H]c1c([2H])c([2H])c(-c2nc(Cl)nc(-c3ccccc3)n2)c([2H])c1[2H]. The number of aromatic nitrogens is 10. The normalized spacial score (nSPS) is 12.8. The summed E-state index contributed by atoms with van der Waals surface area (Å²) in [6.45, 7) is 2.27. The predicted molar refractivity (Wildman–Crippen MR) is 537 cm³/mol. The van der Waals surface area contributed by atoms with E-state index in [-0.39, 0.29) is 58.1 Å². The summed E-state index contributed by atoms with van der Waals surface area (Å²) in [5.74, 6) is 0.808. The highest BCUT2D eigenvalue weighted by Crippen LogP contribution is 2.50. The molecule has 0 aliphatic carbocycles. The van der Waals surface area contributed by atoms with Crippen LogP contribution in [0.3, 0.4) is 0 Å². The van der Waals surface area contributed by atoms with Gasteiger partial charge in [-0.25, -0.2) is 19.9 Å². The Labute approximate surface area is 762 Å². The Morgan fingerprint density at radius 1 is 0.227 bits per heavy atom. The van der Waals surface area contributed by atoms with Crippen molar-refractivity contribution in [2.75, 3.05) is 0 Å². The molecule has 128 heavy (non-hydrogen) atoms. The van der Waals surface area contributed by atoms with Crippen LogP contribution in [0, 0.1) is 6.92 Å². The summed E-state index contributed by atoms with van der Waals surface area (Å²) in [6.07, 6.45) is 0. The summed E-state index contributed by atoms with van der Waals surface area (Å²) in [6, 6.07) is 123. The van der Waals surface area contributed by atoms with E-state index in [0.29, 0.717) is 28.3 Å². The number of aryl methyl sites for hydroxylation is 1. The molecule has 8 heterocycles. The maximum absolute atomic E-state index is 9.02. The lowest BCUT2D eigenvalue weighted by Crippen LogP contribution is -2.02. The average molecular weight is 1700 g/mol. The van der Waals surface area contributed by atoms with Crippen molar-refractivity contribution in [3.8, 4) is 102 Å². The topological polar surface area (TPSA) is 97.1 Å². The van der Waals surface area contributed by atoms with E-state index in [1.54, 1.807) is 35.6 Å². The van der Waals surface area contributed by atoms with Gasteiger partial charge >= 0.3 is 0 Å². The maximum Gasteiger partial charge on any atom is 0.226 e. The molecule has 0 saturated heterocycles. The molecule has 0 atom stereocenters. The number of halogens is 1. The number of thiophene rings is 2. The van der Waals surface area contributed by atoms with E-state index in [9.17, 15) is 0 Å².